The molecule has 0 bridgehead atoms. The summed E-state index contributed by atoms with van der Waals surface area (Å²) in [7, 11) is 1.88. The fourth-order valence-corrected chi connectivity index (χ4v) is 2.32. The molecule has 2 aromatic rings. The van der Waals surface area contributed by atoms with Crippen LogP contribution in [0.15, 0.2) is 60.7 Å². The van der Waals surface area contributed by atoms with Crippen LogP contribution in [0.4, 0.5) is 5.82 Å². The number of nitrogens with zero attached hydrogens (tertiary/aromatic N) is 2. The highest BCUT2D eigenvalue weighted by Crippen LogP contribution is 2.28. The molecule has 0 atom stereocenters. The summed E-state index contributed by atoms with van der Waals surface area (Å²) in [6.07, 6.45) is 6.20. The second-order valence-electron chi connectivity index (χ2n) is 5.17. The standard InChI is InChI=1S/C19H21N3O/c1-5-16(12-11-14(2)13-23)18-15(3)19(20-4)22(21-18)17-9-7-6-8-10-17/h5-13,20H,1H2,2-4H3/b14-11+,16-12+. The first-order valence-electron chi connectivity index (χ1n) is 7.41. The molecule has 4 nitrogen and oxygen atoms in total. The molecule has 0 radical (unpaired) electrons. The van der Waals surface area contributed by atoms with Gasteiger partial charge < -0.3 is 5.32 Å². The van der Waals surface area contributed by atoms with Gasteiger partial charge in [0.2, 0.25) is 0 Å². The fraction of sp³-hybridized carbons (Fsp3) is 0.158. The van der Waals surface area contributed by atoms with Crippen LogP contribution in [0.2, 0.25) is 0 Å². The number of anilines is 1. The summed E-state index contributed by atoms with van der Waals surface area (Å²) in [5.74, 6) is 0.926. The second-order valence-corrected chi connectivity index (χ2v) is 5.17. The summed E-state index contributed by atoms with van der Waals surface area (Å²) < 4.78 is 1.87. The lowest BCUT2D eigenvalue weighted by Gasteiger charge is -2.06. The molecule has 1 aromatic heterocycles. The van der Waals surface area contributed by atoms with Crippen molar-refractivity contribution in [1.82, 2.24) is 9.78 Å². The summed E-state index contributed by atoms with van der Waals surface area (Å²) in [6.45, 7) is 7.64. The lowest BCUT2D eigenvalue weighted by Crippen LogP contribution is -2.02. The van der Waals surface area contributed by atoms with E-state index in [9.17, 15) is 4.79 Å². The summed E-state index contributed by atoms with van der Waals surface area (Å²) in [6, 6.07) is 9.94. The van der Waals surface area contributed by atoms with Crippen LogP contribution in [-0.4, -0.2) is 23.1 Å². The van der Waals surface area contributed by atoms with E-state index in [1.165, 1.54) is 0 Å². The summed E-state index contributed by atoms with van der Waals surface area (Å²) >= 11 is 0. The van der Waals surface area contributed by atoms with Gasteiger partial charge in [0, 0.05) is 18.2 Å². The van der Waals surface area contributed by atoms with Crippen molar-refractivity contribution in [1.29, 1.82) is 0 Å². The van der Waals surface area contributed by atoms with Crippen molar-refractivity contribution in [3.05, 3.63) is 72.0 Å². The van der Waals surface area contributed by atoms with Crippen LogP contribution in [0.1, 0.15) is 18.2 Å². The van der Waals surface area contributed by atoms with E-state index in [4.69, 9.17) is 5.10 Å². The van der Waals surface area contributed by atoms with Gasteiger partial charge in [-0.05, 0) is 31.6 Å². The van der Waals surface area contributed by atoms with Gasteiger partial charge in [-0.25, -0.2) is 4.68 Å². The summed E-state index contributed by atoms with van der Waals surface area (Å²) in [5.41, 5.74) is 4.37. The highest BCUT2D eigenvalue weighted by atomic mass is 16.1. The minimum atomic E-state index is 0.651. The molecule has 2 rings (SSSR count). The molecule has 118 valence electrons. The van der Waals surface area contributed by atoms with Crippen molar-refractivity contribution in [2.75, 3.05) is 12.4 Å². The zero-order valence-corrected chi connectivity index (χ0v) is 13.7. The molecule has 0 fully saturated rings. The third-order valence-electron chi connectivity index (χ3n) is 3.56. The number of hydrogen-bond donors (Lipinski definition) is 1. The van der Waals surface area contributed by atoms with Crippen molar-refractivity contribution in [2.24, 2.45) is 0 Å². The molecule has 0 unspecified atom stereocenters. The van der Waals surface area contributed by atoms with Crippen LogP contribution in [0.5, 0.6) is 0 Å². The maximum atomic E-state index is 10.7. The Hall–Kier alpha value is -2.88. The first kappa shape index (κ1) is 16.5. The highest BCUT2D eigenvalue weighted by Gasteiger charge is 2.16. The van der Waals surface area contributed by atoms with E-state index in [-0.39, 0.29) is 0 Å². The molecule has 1 N–H and O–H groups in total. The fourth-order valence-electron chi connectivity index (χ4n) is 2.32. The average molecular weight is 307 g/mol. The Morgan fingerprint density at radius 3 is 2.52 bits per heavy atom. The van der Waals surface area contributed by atoms with Gasteiger partial charge in [-0.1, -0.05) is 43.0 Å². The first-order chi connectivity index (χ1) is 11.1. The van der Waals surface area contributed by atoms with E-state index in [2.05, 4.69) is 11.9 Å². The molecule has 23 heavy (non-hydrogen) atoms. The minimum Gasteiger partial charge on any atom is -0.373 e. The number of aldehydes is 1. The molecule has 0 aliphatic heterocycles. The number of rotatable bonds is 6. The lowest BCUT2D eigenvalue weighted by molar-refractivity contribution is -0.104. The summed E-state index contributed by atoms with van der Waals surface area (Å²) in [5, 5.41) is 7.93. The van der Waals surface area contributed by atoms with Crippen LogP contribution in [0, 0.1) is 6.92 Å². The Kier molecular flexibility index (Phi) is 5.31. The lowest BCUT2D eigenvalue weighted by atomic mass is 10.1. The van der Waals surface area contributed by atoms with E-state index in [0.29, 0.717) is 5.57 Å². The molecule has 0 saturated heterocycles. The van der Waals surface area contributed by atoms with Gasteiger partial charge in [0.25, 0.3) is 0 Å². The number of carbonyl (C=O) groups excluding carboxylic acids is 1. The topological polar surface area (TPSA) is 46.9 Å². The van der Waals surface area contributed by atoms with Crippen molar-refractivity contribution in [2.45, 2.75) is 13.8 Å². The predicted octanol–water partition coefficient (Wildman–Crippen LogP) is 3.94. The van der Waals surface area contributed by atoms with E-state index in [1.54, 1.807) is 19.1 Å². The monoisotopic (exact) mass is 307 g/mol. The Labute approximate surface area is 136 Å². The molecule has 1 heterocycles. The van der Waals surface area contributed by atoms with Gasteiger partial charge in [-0.3, -0.25) is 4.79 Å². The maximum Gasteiger partial charge on any atom is 0.145 e. The van der Waals surface area contributed by atoms with Crippen LogP contribution >= 0.6 is 0 Å². The van der Waals surface area contributed by atoms with Gasteiger partial charge in [0.15, 0.2) is 0 Å². The number of carbonyl (C=O) groups is 1. The van der Waals surface area contributed by atoms with Crippen LogP contribution in [-0.2, 0) is 4.79 Å². The van der Waals surface area contributed by atoms with Gasteiger partial charge in [-0.2, -0.15) is 5.10 Å². The number of allylic oxidation sites excluding steroid dienone is 5. The summed E-state index contributed by atoms with van der Waals surface area (Å²) in [4.78, 5) is 10.7. The molecule has 0 aliphatic carbocycles. The Bertz CT molecular complexity index is 767. The van der Waals surface area contributed by atoms with Crippen molar-refractivity contribution in [3.63, 3.8) is 0 Å². The third-order valence-corrected chi connectivity index (χ3v) is 3.56. The normalized spacial score (nSPS) is 12.1. The van der Waals surface area contributed by atoms with Gasteiger partial charge in [-0.15, -0.1) is 0 Å². The number of para-hydroxylation sites is 1. The van der Waals surface area contributed by atoms with Crippen molar-refractivity contribution >= 4 is 17.7 Å². The molecule has 1 aromatic carbocycles. The van der Waals surface area contributed by atoms with Crippen molar-refractivity contribution in [3.8, 4) is 5.69 Å². The van der Waals surface area contributed by atoms with E-state index in [1.807, 2.05) is 55.1 Å². The van der Waals surface area contributed by atoms with Gasteiger partial charge in [0.05, 0.1) is 11.4 Å². The zero-order valence-electron chi connectivity index (χ0n) is 13.7. The Morgan fingerprint density at radius 1 is 1.26 bits per heavy atom. The van der Waals surface area contributed by atoms with Crippen LogP contribution in [0.25, 0.3) is 11.3 Å². The first-order valence-corrected chi connectivity index (χ1v) is 7.41. The Morgan fingerprint density at radius 2 is 1.96 bits per heavy atom. The van der Waals surface area contributed by atoms with Crippen LogP contribution < -0.4 is 5.32 Å². The number of hydrogen-bond acceptors (Lipinski definition) is 3. The van der Waals surface area contributed by atoms with Gasteiger partial charge >= 0.3 is 0 Å². The molecule has 0 spiro atoms. The zero-order chi connectivity index (χ0) is 16.8. The second kappa shape index (κ2) is 7.40. The smallest absolute Gasteiger partial charge is 0.145 e. The largest absolute Gasteiger partial charge is 0.373 e. The molecular formula is C19H21N3O. The molecule has 0 saturated carbocycles. The third kappa shape index (κ3) is 3.48. The Balaban J connectivity index is 2.58. The SMILES string of the molecule is C=C/C(=C\C=C(/C)C=O)c1nn(-c2ccccc2)c(NC)c1C. The molecule has 0 amide bonds. The van der Waals surface area contributed by atoms with E-state index in [0.717, 1.165) is 34.6 Å². The van der Waals surface area contributed by atoms with E-state index < -0.39 is 0 Å². The number of benzene rings is 1. The molecule has 0 aliphatic rings. The number of nitrogens with one attached hydrogen (secondary N) is 1. The molecular weight excluding hydrogens is 286 g/mol. The average Bonchev–Trinajstić information content (AvgIpc) is 2.92. The predicted molar refractivity (Wildman–Crippen MR) is 95.8 cm³/mol. The maximum absolute atomic E-state index is 10.7. The van der Waals surface area contributed by atoms with Crippen LogP contribution in [0.3, 0.4) is 0 Å². The van der Waals surface area contributed by atoms with E-state index >= 15 is 0 Å². The number of aromatic nitrogens is 2. The quantitative estimate of drug-likeness (QED) is 0.499. The van der Waals surface area contributed by atoms with Gasteiger partial charge in [0.1, 0.15) is 12.1 Å². The minimum absolute atomic E-state index is 0.651. The molecule has 4 heteroatoms. The van der Waals surface area contributed by atoms with Crippen molar-refractivity contribution < 1.29 is 4.79 Å². The highest BCUT2D eigenvalue weighted by molar-refractivity contribution is 5.79.